The molecule has 12 heavy (non-hydrogen) atoms. The molecule has 72 valence electrons. The number of Topliss-reactive ketones (excluding diaryl/α,β-unsaturated/α-hetero) is 1. The minimum Gasteiger partial charge on any atom is -0.311 e. The van der Waals surface area contributed by atoms with E-state index in [0.717, 1.165) is 0 Å². The second-order valence-corrected chi connectivity index (χ2v) is 6.01. The van der Waals surface area contributed by atoms with Crippen LogP contribution in [0.4, 0.5) is 0 Å². The fraction of sp³-hybridized carbons (Fsp3) is 0.833. The van der Waals surface area contributed by atoms with Crippen LogP contribution in [0.25, 0.3) is 0 Å². The van der Waals surface area contributed by atoms with E-state index in [1.165, 1.54) is 14.2 Å². The molecule has 1 unspecified atom stereocenters. The van der Waals surface area contributed by atoms with Gasteiger partial charge in [-0.15, -0.1) is 0 Å². The molecule has 0 saturated heterocycles. The van der Waals surface area contributed by atoms with Crippen molar-refractivity contribution in [1.29, 1.82) is 0 Å². The molecule has 0 radical (unpaired) electrons. The molecular formula is C6H12BrO4P. The molecule has 0 aliphatic heterocycles. The van der Waals surface area contributed by atoms with Crippen molar-refractivity contribution in [3.8, 4) is 0 Å². The van der Waals surface area contributed by atoms with Crippen LogP contribution in [0.5, 0.6) is 0 Å². The lowest BCUT2D eigenvalue weighted by Crippen LogP contribution is -2.14. The predicted octanol–water partition coefficient (Wildman–Crippen LogP) is 2.17. The van der Waals surface area contributed by atoms with Crippen LogP contribution in [0.3, 0.4) is 0 Å². The van der Waals surface area contributed by atoms with Crippen LogP contribution in [0.2, 0.25) is 0 Å². The summed E-state index contributed by atoms with van der Waals surface area (Å²) in [7, 11) is -0.775. The molecule has 0 aromatic rings. The normalized spacial score (nSPS) is 14.3. The molecule has 0 rings (SSSR count). The number of rotatable bonds is 5. The highest BCUT2D eigenvalue weighted by atomic mass is 79.9. The Bertz CT molecular complexity index is 198. The lowest BCUT2D eigenvalue weighted by molar-refractivity contribution is -0.117. The molecule has 0 fully saturated rings. The summed E-state index contributed by atoms with van der Waals surface area (Å²) in [5.74, 6) is -0.193. The van der Waals surface area contributed by atoms with Crippen LogP contribution in [-0.4, -0.2) is 24.6 Å². The molecule has 0 aromatic heterocycles. The topological polar surface area (TPSA) is 52.6 Å². The highest BCUT2D eigenvalue weighted by molar-refractivity contribution is 9.11. The number of hydrogen-bond donors (Lipinski definition) is 0. The SMILES string of the molecule is CCC(=O)C(Br)P(=O)(OC)OC. The van der Waals surface area contributed by atoms with Crippen molar-refractivity contribution in [1.82, 2.24) is 0 Å². The fourth-order valence-corrected chi connectivity index (χ4v) is 2.99. The van der Waals surface area contributed by atoms with Crippen LogP contribution in [0.1, 0.15) is 13.3 Å². The molecule has 0 aliphatic carbocycles. The van der Waals surface area contributed by atoms with Gasteiger partial charge in [-0.1, -0.05) is 22.9 Å². The summed E-state index contributed by atoms with van der Waals surface area (Å²) < 4.78 is 20.0. The van der Waals surface area contributed by atoms with Gasteiger partial charge in [-0.2, -0.15) is 0 Å². The van der Waals surface area contributed by atoms with Gasteiger partial charge in [0.1, 0.15) is 0 Å². The Hall–Kier alpha value is 0.300. The standard InChI is InChI=1S/C6H12BrO4P/c1-4-5(8)6(7)12(9,10-2)11-3/h6H,4H2,1-3H3. The van der Waals surface area contributed by atoms with Gasteiger partial charge >= 0.3 is 7.60 Å². The van der Waals surface area contributed by atoms with Crippen LogP contribution in [-0.2, 0) is 18.4 Å². The van der Waals surface area contributed by atoms with Crippen molar-refractivity contribution in [2.75, 3.05) is 14.2 Å². The van der Waals surface area contributed by atoms with Crippen LogP contribution < -0.4 is 0 Å². The maximum atomic E-state index is 11.5. The number of halogens is 1. The first kappa shape index (κ1) is 12.3. The predicted molar refractivity (Wildman–Crippen MR) is 49.6 cm³/mol. The van der Waals surface area contributed by atoms with E-state index in [9.17, 15) is 9.36 Å². The van der Waals surface area contributed by atoms with Gasteiger partial charge in [0.05, 0.1) is 0 Å². The molecule has 0 heterocycles. The van der Waals surface area contributed by atoms with E-state index < -0.39 is 12.2 Å². The highest BCUT2D eigenvalue weighted by Crippen LogP contribution is 2.54. The van der Waals surface area contributed by atoms with Crippen molar-refractivity contribution in [3.63, 3.8) is 0 Å². The molecule has 0 N–H and O–H groups in total. The lowest BCUT2D eigenvalue weighted by Gasteiger charge is -2.17. The maximum Gasteiger partial charge on any atom is 0.351 e. The molecule has 0 saturated carbocycles. The Labute approximate surface area is 80.3 Å². The van der Waals surface area contributed by atoms with Crippen molar-refractivity contribution < 1.29 is 18.4 Å². The van der Waals surface area contributed by atoms with E-state index in [1.807, 2.05) is 0 Å². The van der Waals surface area contributed by atoms with Crippen molar-refractivity contribution in [3.05, 3.63) is 0 Å². The Morgan fingerprint density at radius 3 is 2.17 bits per heavy atom. The van der Waals surface area contributed by atoms with Gasteiger partial charge in [-0.05, 0) is 0 Å². The summed E-state index contributed by atoms with van der Waals surface area (Å²) in [6.07, 6.45) is 0.298. The van der Waals surface area contributed by atoms with Gasteiger partial charge in [0.15, 0.2) is 10.4 Å². The smallest absolute Gasteiger partial charge is 0.311 e. The summed E-state index contributed by atoms with van der Waals surface area (Å²) in [4.78, 5) is 11.1. The Morgan fingerprint density at radius 2 is 1.92 bits per heavy atom. The number of carbonyl (C=O) groups is 1. The molecule has 4 nitrogen and oxygen atoms in total. The molecule has 1 atom stereocenters. The average molecular weight is 259 g/mol. The van der Waals surface area contributed by atoms with E-state index in [4.69, 9.17) is 0 Å². The Kier molecular flexibility index (Phi) is 5.25. The van der Waals surface area contributed by atoms with Crippen molar-refractivity contribution in [2.24, 2.45) is 0 Å². The van der Waals surface area contributed by atoms with Gasteiger partial charge in [-0.3, -0.25) is 9.36 Å². The van der Waals surface area contributed by atoms with Crippen LogP contribution >= 0.6 is 23.5 Å². The summed E-state index contributed by atoms with van der Waals surface area (Å²) >= 11 is 2.98. The zero-order valence-corrected chi connectivity index (χ0v) is 9.72. The van der Waals surface area contributed by atoms with Gasteiger partial charge in [-0.25, -0.2) is 0 Å². The third kappa shape index (κ3) is 2.66. The first-order chi connectivity index (χ1) is 5.51. The van der Waals surface area contributed by atoms with Gasteiger partial charge < -0.3 is 9.05 Å². The Morgan fingerprint density at radius 1 is 1.50 bits per heavy atom. The zero-order valence-electron chi connectivity index (χ0n) is 7.24. The number of alkyl halides is 1. The second-order valence-electron chi connectivity index (χ2n) is 2.06. The molecule has 0 spiro atoms. The monoisotopic (exact) mass is 258 g/mol. The second kappa shape index (κ2) is 5.12. The molecule has 0 aromatic carbocycles. The minimum absolute atomic E-state index is 0.193. The third-order valence-corrected chi connectivity index (χ3v) is 5.28. The van der Waals surface area contributed by atoms with Crippen LogP contribution in [0.15, 0.2) is 0 Å². The van der Waals surface area contributed by atoms with E-state index in [2.05, 4.69) is 25.0 Å². The zero-order chi connectivity index (χ0) is 9.78. The number of hydrogen-bond acceptors (Lipinski definition) is 4. The summed E-state index contributed by atoms with van der Waals surface area (Å²) in [5, 5.41) is 0. The molecule has 0 aliphatic rings. The average Bonchev–Trinajstić information content (AvgIpc) is 2.14. The number of carbonyl (C=O) groups excluding carboxylic acids is 1. The van der Waals surface area contributed by atoms with E-state index in [1.54, 1.807) is 6.92 Å². The Balaban J connectivity index is 4.53. The third-order valence-electron chi connectivity index (χ3n) is 1.40. The van der Waals surface area contributed by atoms with E-state index in [-0.39, 0.29) is 5.78 Å². The fourth-order valence-electron chi connectivity index (χ4n) is 0.604. The highest BCUT2D eigenvalue weighted by Gasteiger charge is 2.36. The van der Waals surface area contributed by atoms with E-state index >= 15 is 0 Å². The minimum atomic E-state index is -3.28. The summed E-state index contributed by atoms with van der Waals surface area (Å²) in [6, 6.07) is 0. The first-order valence-electron chi connectivity index (χ1n) is 3.39. The summed E-state index contributed by atoms with van der Waals surface area (Å²) in [5.41, 5.74) is 0. The molecular weight excluding hydrogens is 247 g/mol. The quantitative estimate of drug-likeness (QED) is 0.560. The largest absolute Gasteiger partial charge is 0.351 e. The lowest BCUT2D eigenvalue weighted by atomic mass is 10.4. The maximum absolute atomic E-state index is 11.5. The van der Waals surface area contributed by atoms with Gasteiger partial charge in [0, 0.05) is 20.6 Å². The van der Waals surface area contributed by atoms with Gasteiger partial charge in [0.2, 0.25) is 0 Å². The van der Waals surface area contributed by atoms with Crippen molar-refractivity contribution >= 4 is 29.3 Å². The van der Waals surface area contributed by atoms with Crippen molar-refractivity contribution in [2.45, 2.75) is 17.9 Å². The van der Waals surface area contributed by atoms with E-state index in [0.29, 0.717) is 6.42 Å². The van der Waals surface area contributed by atoms with Crippen LogP contribution in [0, 0.1) is 0 Å². The molecule has 6 heteroatoms. The molecule has 0 bridgehead atoms. The number of ketones is 1. The summed E-state index contributed by atoms with van der Waals surface area (Å²) in [6.45, 7) is 1.69. The first-order valence-corrected chi connectivity index (χ1v) is 5.92. The van der Waals surface area contributed by atoms with Gasteiger partial charge in [0.25, 0.3) is 0 Å². The molecule has 0 amide bonds.